The van der Waals surface area contributed by atoms with Crippen molar-refractivity contribution < 1.29 is 18.7 Å². The second-order valence-electron chi connectivity index (χ2n) is 7.71. The van der Waals surface area contributed by atoms with E-state index in [1.54, 1.807) is 19.1 Å². The maximum absolute atomic E-state index is 13.7. The number of hydrogen-bond acceptors (Lipinski definition) is 4. The third kappa shape index (κ3) is 4.58. The second-order valence-corrected chi connectivity index (χ2v) is 8.15. The van der Waals surface area contributed by atoms with E-state index in [0.29, 0.717) is 30.3 Å². The molecule has 1 aliphatic heterocycles. The van der Waals surface area contributed by atoms with Crippen molar-refractivity contribution in [2.45, 2.75) is 20.4 Å². The number of hydrogen-bond donors (Lipinski definition) is 0. The first-order valence-electron chi connectivity index (χ1n) is 10.7. The average Bonchev–Trinajstić information content (AvgIpc) is 3.07. The summed E-state index contributed by atoms with van der Waals surface area (Å²) in [6, 6.07) is 13.8. The SMILES string of the molecule is CCOC(=O)c1c(-c2ccc(Cl)cc2)c(CN2CCOCC2)n(-c2ccc(F)cc2)c1C. The van der Waals surface area contributed by atoms with Gasteiger partial charge in [-0.2, -0.15) is 0 Å². The van der Waals surface area contributed by atoms with Crippen LogP contribution in [0.2, 0.25) is 5.02 Å². The van der Waals surface area contributed by atoms with E-state index in [2.05, 4.69) is 4.90 Å². The molecular weight excluding hydrogens is 431 g/mol. The minimum Gasteiger partial charge on any atom is -0.462 e. The van der Waals surface area contributed by atoms with Crippen LogP contribution in [-0.4, -0.2) is 48.3 Å². The molecule has 2 heterocycles. The van der Waals surface area contributed by atoms with Crippen LogP contribution in [-0.2, 0) is 16.0 Å². The molecular formula is C25H26ClFN2O3. The van der Waals surface area contributed by atoms with Gasteiger partial charge in [0.25, 0.3) is 0 Å². The third-order valence-electron chi connectivity index (χ3n) is 5.68. The van der Waals surface area contributed by atoms with Gasteiger partial charge in [0.05, 0.1) is 25.4 Å². The number of halogens is 2. The number of morpholine rings is 1. The lowest BCUT2D eigenvalue weighted by atomic mass is 9.99. The molecule has 0 unspecified atom stereocenters. The van der Waals surface area contributed by atoms with Crippen molar-refractivity contribution in [1.29, 1.82) is 0 Å². The predicted octanol–water partition coefficient (Wildman–Crippen LogP) is 5.25. The van der Waals surface area contributed by atoms with Crippen LogP contribution < -0.4 is 0 Å². The van der Waals surface area contributed by atoms with E-state index in [4.69, 9.17) is 21.1 Å². The lowest BCUT2D eigenvalue weighted by Crippen LogP contribution is -2.36. The molecule has 0 spiro atoms. The molecule has 168 valence electrons. The molecule has 0 N–H and O–H groups in total. The average molecular weight is 457 g/mol. The second kappa shape index (κ2) is 9.86. The van der Waals surface area contributed by atoms with Crippen molar-refractivity contribution in [3.8, 4) is 16.8 Å². The van der Waals surface area contributed by atoms with Gasteiger partial charge in [0.15, 0.2) is 0 Å². The summed E-state index contributed by atoms with van der Waals surface area (Å²) in [5, 5.41) is 0.621. The van der Waals surface area contributed by atoms with Crippen LogP contribution in [0.4, 0.5) is 4.39 Å². The zero-order valence-electron chi connectivity index (χ0n) is 18.2. The highest BCUT2D eigenvalue weighted by atomic mass is 35.5. The number of aromatic nitrogens is 1. The highest BCUT2D eigenvalue weighted by molar-refractivity contribution is 6.30. The zero-order chi connectivity index (χ0) is 22.7. The molecule has 1 saturated heterocycles. The van der Waals surface area contributed by atoms with Crippen molar-refractivity contribution in [2.24, 2.45) is 0 Å². The molecule has 2 aromatic carbocycles. The Morgan fingerprint density at radius 2 is 1.75 bits per heavy atom. The maximum Gasteiger partial charge on any atom is 0.340 e. The Morgan fingerprint density at radius 1 is 1.09 bits per heavy atom. The standard InChI is InChI=1S/C25H26ClFN2O3/c1-3-32-25(30)23-17(2)29(21-10-8-20(27)9-11-21)22(16-28-12-14-31-15-13-28)24(23)18-4-6-19(26)7-5-18/h4-11H,3,12-16H2,1-2H3. The Balaban J connectivity index is 1.96. The van der Waals surface area contributed by atoms with Gasteiger partial charge >= 0.3 is 5.97 Å². The molecule has 0 bridgehead atoms. The van der Waals surface area contributed by atoms with Crippen LogP contribution in [0.5, 0.6) is 0 Å². The minimum absolute atomic E-state index is 0.277. The summed E-state index contributed by atoms with van der Waals surface area (Å²) < 4.78 is 26.7. The molecule has 0 saturated carbocycles. The van der Waals surface area contributed by atoms with Gasteiger partial charge in [-0.25, -0.2) is 9.18 Å². The largest absolute Gasteiger partial charge is 0.462 e. The summed E-state index contributed by atoms with van der Waals surface area (Å²) in [6.45, 7) is 7.50. The Kier molecular flexibility index (Phi) is 6.94. The van der Waals surface area contributed by atoms with E-state index < -0.39 is 0 Å². The number of carbonyl (C=O) groups is 1. The van der Waals surface area contributed by atoms with Gasteiger partial charge in [-0.1, -0.05) is 23.7 Å². The van der Waals surface area contributed by atoms with E-state index in [1.165, 1.54) is 12.1 Å². The normalized spacial score (nSPS) is 14.5. The topological polar surface area (TPSA) is 43.7 Å². The van der Waals surface area contributed by atoms with Gasteiger partial charge in [-0.05, 0) is 55.8 Å². The molecule has 5 nitrogen and oxygen atoms in total. The Morgan fingerprint density at radius 3 is 2.38 bits per heavy atom. The summed E-state index contributed by atoms with van der Waals surface area (Å²) in [6.07, 6.45) is 0. The van der Waals surface area contributed by atoms with E-state index in [1.807, 2.05) is 35.8 Å². The summed E-state index contributed by atoms with van der Waals surface area (Å²) in [5.41, 5.74) is 4.70. The van der Waals surface area contributed by atoms with Crippen molar-refractivity contribution in [3.05, 3.63) is 76.3 Å². The molecule has 1 aromatic heterocycles. The fourth-order valence-electron chi connectivity index (χ4n) is 4.19. The van der Waals surface area contributed by atoms with Crippen LogP contribution in [0.1, 0.15) is 28.7 Å². The van der Waals surface area contributed by atoms with Crippen molar-refractivity contribution in [2.75, 3.05) is 32.9 Å². The van der Waals surface area contributed by atoms with E-state index in [9.17, 15) is 9.18 Å². The van der Waals surface area contributed by atoms with Crippen LogP contribution in [0, 0.1) is 12.7 Å². The Bertz CT molecular complexity index is 1090. The lowest BCUT2D eigenvalue weighted by Gasteiger charge is -2.28. The number of esters is 1. The first-order chi connectivity index (χ1) is 15.5. The Hall–Kier alpha value is -2.67. The summed E-state index contributed by atoms with van der Waals surface area (Å²) in [4.78, 5) is 15.4. The summed E-state index contributed by atoms with van der Waals surface area (Å²) in [5.74, 6) is -0.684. The number of carbonyl (C=O) groups excluding carboxylic acids is 1. The van der Waals surface area contributed by atoms with Gasteiger partial charge in [0, 0.05) is 47.3 Å². The zero-order valence-corrected chi connectivity index (χ0v) is 19.0. The molecule has 3 aromatic rings. The van der Waals surface area contributed by atoms with Gasteiger partial charge in [0.1, 0.15) is 5.82 Å². The third-order valence-corrected chi connectivity index (χ3v) is 5.93. The number of rotatable bonds is 6. The van der Waals surface area contributed by atoms with Crippen LogP contribution in [0.25, 0.3) is 16.8 Å². The van der Waals surface area contributed by atoms with Crippen LogP contribution >= 0.6 is 11.6 Å². The maximum atomic E-state index is 13.7. The molecule has 4 rings (SSSR count). The quantitative estimate of drug-likeness (QED) is 0.475. The molecule has 0 amide bonds. The van der Waals surface area contributed by atoms with E-state index in [-0.39, 0.29) is 18.4 Å². The highest BCUT2D eigenvalue weighted by Crippen LogP contribution is 2.37. The smallest absolute Gasteiger partial charge is 0.340 e. The van der Waals surface area contributed by atoms with Gasteiger partial charge in [-0.15, -0.1) is 0 Å². The highest BCUT2D eigenvalue weighted by Gasteiger charge is 2.29. The van der Waals surface area contributed by atoms with Gasteiger partial charge in [0.2, 0.25) is 0 Å². The molecule has 7 heteroatoms. The molecule has 32 heavy (non-hydrogen) atoms. The molecule has 0 aliphatic carbocycles. The molecule has 1 fully saturated rings. The molecule has 0 atom stereocenters. The van der Waals surface area contributed by atoms with Crippen molar-refractivity contribution in [3.63, 3.8) is 0 Å². The monoisotopic (exact) mass is 456 g/mol. The van der Waals surface area contributed by atoms with Gasteiger partial charge < -0.3 is 14.0 Å². The van der Waals surface area contributed by atoms with E-state index in [0.717, 1.165) is 41.3 Å². The summed E-state index contributed by atoms with van der Waals surface area (Å²) in [7, 11) is 0. The summed E-state index contributed by atoms with van der Waals surface area (Å²) >= 11 is 6.14. The fraction of sp³-hybridized carbons (Fsp3) is 0.320. The number of ether oxygens (including phenoxy) is 2. The van der Waals surface area contributed by atoms with E-state index >= 15 is 0 Å². The number of nitrogens with zero attached hydrogens (tertiary/aromatic N) is 2. The first kappa shape index (κ1) is 22.5. The molecule has 0 radical (unpaired) electrons. The fourth-order valence-corrected chi connectivity index (χ4v) is 4.32. The van der Waals surface area contributed by atoms with Gasteiger partial charge in [-0.3, -0.25) is 4.90 Å². The van der Waals surface area contributed by atoms with Crippen molar-refractivity contribution >= 4 is 17.6 Å². The number of benzene rings is 2. The van der Waals surface area contributed by atoms with Crippen molar-refractivity contribution in [1.82, 2.24) is 9.47 Å². The first-order valence-corrected chi connectivity index (χ1v) is 11.1. The Labute approximate surface area is 192 Å². The molecule has 1 aliphatic rings. The minimum atomic E-state index is -0.376. The van der Waals surface area contributed by atoms with Crippen LogP contribution in [0.3, 0.4) is 0 Å². The lowest BCUT2D eigenvalue weighted by molar-refractivity contribution is 0.0335. The predicted molar refractivity (Wildman–Crippen MR) is 123 cm³/mol. The van der Waals surface area contributed by atoms with Crippen LogP contribution in [0.15, 0.2) is 48.5 Å².